The Morgan fingerprint density at radius 1 is 1.38 bits per heavy atom. The number of halogens is 4. The summed E-state index contributed by atoms with van der Waals surface area (Å²) in [5.74, 6) is -0.350. The minimum Gasteiger partial charge on any atom is -0.348 e. The molecule has 120 valence electrons. The molecular formula is C14H20ClF3N2O. The van der Waals surface area contributed by atoms with Crippen molar-refractivity contribution in [2.75, 3.05) is 0 Å². The van der Waals surface area contributed by atoms with Gasteiger partial charge in [-0.2, -0.15) is 13.2 Å². The fraction of sp³-hybridized carbons (Fsp3) is 0.500. The van der Waals surface area contributed by atoms with Crippen molar-refractivity contribution >= 4 is 18.3 Å². The van der Waals surface area contributed by atoms with Gasteiger partial charge in [0.2, 0.25) is 5.91 Å². The van der Waals surface area contributed by atoms with Gasteiger partial charge >= 0.3 is 6.18 Å². The van der Waals surface area contributed by atoms with Crippen LogP contribution in [-0.4, -0.2) is 11.9 Å². The smallest absolute Gasteiger partial charge is 0.348 e. The van der Waals surface area contributed by atoms with Gasteiger partial charge in [-0.05, 0) is 31.0 Å². The van der Waals surface area contributed by atoms with Gasteiger partial charge in [0.1, 0.15) is 0 Å². The molecule has 3 N–H and O–H groups in total. The third-order valence-corrected chi connectivity index (χ3v) is 3.01. The van der Waals surface area contributed by atoms with E-state index in [1.807, 2.05) is 6.92 Å². The Kier molecular flexibility index (Phi) is 7.74. The van der Waals surface area contributed by atoms with Crippen LogP contribution in [0, 0.1) is 0 Å². The molecule has 1 amide bonds. The molecule has 2 unspecified atom stereocenters. The van der Waals surface area contributed by atoms with Crippen molar-refractivity contribution in [3.63, 3.8) is 0 Å². The summed E-state index contributed by atoms with van der Waals surface area (Å²) in [6.07, 6.45) is -3.08. The summed E-state index contributed by atoms with van der Waals surface area (Å²) in [4.78, 5) is 11.7. The lowest BCUT2D eigenvalue weighted by Crippen LogP contribution is -2.41. The van der Waals surface area contributed by atoms with Gasteiger partial charge in [-0.15, -0.1) is 12.4 Å². The lowest BCUT2D eigenvalue weighted by molar-refractivity contribution is -0.137. The Bertz CT molecular complexity index is 466. The Hall–Kier alpha value is -1.27. The fourth-order valence-electron chi connectivity index (χ4n) is 1.83. The molecule has 0 saturated heterocycles. The number of hydrogen-bond donors (Lipinski definition) is 2. The molecule has 0 radical (unpaired) electrons. The third-order valence-electron chi connectivity index (χ3n) is 3.01. The Morgan fingerprint density at radius 2 is 2.00 bits per heavy atom. The molecule has 21 heavy (non-hydrogen) atoms. The fourth-order valence-corrected chi connectivity index (χ4v) is 1.83. The van der Waals surface area contributed by atoms with Crippen molar-refractivity contribution in [2.45, 2.75) is 44.9 Å². The molecule has 2 atom stereocenters. The molecule has 0 aliphatic rings. The van der Waals surface area contributed by atoms with Crippen molar-refractivity contribution < 1.29 is 18.0 Å². The lowest BCUT2D eigenvalue weighted by atomic mass is 10.0. The predicted octanol–water partition coefficient (Wildman–Crippen LogP) is 3.43. The van der Waals surface area contributed by atoms with Crippen LogP contribution in [0.4, 0.5) is 13.2 Å². The van der Waals surface area contributed by atoms with Gasteiger partial charge in [0, 0.05) is 0 Å². The number of amides is 1. The van der Waals surface area contributed by atoms with Crippen molar-refractivity contribution in [1.82, 2.24) is 5.32 Å². The number of nitrogens with two attached hydrogens (primary N) is 1. The van der Waals surface area contributed by atoms with E-state index >= 15 is 0 Å². The Balaban J connectivity index is 0.00000400. The summed E-state index contributed by atoms with van der Waals surface area (Å²) in [6.45, 7) is 3.54. The summed E-state index contributed by atoms with van der Waals surface area (Å²) in [6, 6.07) is 3.76. The molecule has 7 heteroatoms. The first-order chi connectivity index (χ1) is 9.25. The van der Waals surface area contributed by atoms with E-state index in [-0.39, 0.29) is 18.3 Å². The summed E-state index contributed by atoms with van der Waals surface area (Å²) < 4.78 is 37.8. The molecule has 1 aromatic carbocycles. The molecule has 0 aromatic heterocycles. The molecule has 0 heterocycles. The quantitative estimate of drug-likeness (QED) is 0.871. The molecule has 0 spiro atoms. The van der Waals surface area contributed by atoms with Crippen LogP contribution in [0.2, 0.25) is 0 Å². The number of nitrogens with one attached hydrogen (secondary N) is 1. The number of carbonyl (C=O) groups is 1. The maximum Gasteiger partial charge on any atom is 0.416 e. The van der Waals surface area contributed by atoms with Gasteiger partial charge in [-0.25, -0.2) is 0 Å². The minimum atomic E-state index is -4.39. The second-order valence-electron chi connectivity index (χ2n) is 4.75. The zero-order chi connectivity index (χ0) is 15.3. The van der Waals surface area contributed by atoms with E-state index in [1.54, 1.807) is 13.0 Å². The van der Waals surface area contributed by atoms with Crippen LogP contribution < -0.4 is 11.1 Å². The lowest BCUT2D eigenvalue weighted by Gasteiger charge is -2.18. The molecule has 1 aromatic rings. The molecule has 0 aliphatic carbocycles. The van der Waals surface area contributed by atoms with Crippen LogP contribution in [-0.2, 0) is 11.0 Å². The van der Waals surface area contributed by atoms with Crippen LogP contribution in [0.5, 0.6) is 0 Å². The highest BCUT2D eigenvalue weighted by molar-refractivity contribution is 5.85. The first-order valence-corrected chi connectivity index (χ1v) is 6.48. The SMILES string of the molecule is CCCC(N)C(=O)NC(C)c1cccc(C(F)(F)F)c1.Cl. The van der Waals surface area contributed by atoms with Crippen molar-refractivity contribution in [1.29, 1.82) is 0 Å². The molecule has 0 fully saturated rings. The maximum atomic E-state index is 12.6. The van der Waals surface area contributed by atoms with E-state index in [2.05, 4.69) is 5.32 Å². The molecule has 3 nitrogen and oxygen atoms in total. The first-order valence-electron chi connectivity index (χ1n) is 6.48. The van der Waals surface area contributed by atoms with E-state index < -0.39 is 23.8 Å². The van der Waals surface area contributed by atoms with Gasteiger partial charge in [-0.3, -0.25) is 4.79 Å². The van der Waals surface area contributed by atoms with Crippen LogP contribution in [0.25, 0.3) is 0 Å². The van der Waals surface area contributed by atoms with Gasteiger partial charge in [0.15, 0.2) is 0 Å². The van der Waals surface area contributed by atoms with Crippen LogP contribution in [0.15, 0.2) is 24.3 Å². The zero-order valence-electron chi connectivity index (χ0n) is 11.9. The van der Waals surface area contributed by atoms with E-state index in [0.29, 0.717) is 12.0 Å². The van der Waals surface area contributed by atoms with Crippen molar-refractivity contribution in [3.8, 4) is 0 Å². The summed E-state index contributed by atoms with van der Waals surface area (Å²) in [5.41, 5.74) is 5.33. The molecular weight excluding hydrogens is 305 g/mol. The van der Waals surface area contributed by atoms with Crippen LogP contribution in [0.1, 0.15) is 43.9 Å². The maximum absolute atomic E-state index is 12.6. The monoisotopic (exact) mass is 324 g/mol. The highest BCUT2D eigenvalue weighted by atomic mass is 35.5. The minimum absolute atomic E-state index is 0. The second kappa shape index (κ2) is 8.24. The largest absolute Gasteiger partial charge is 0.416 e. The van der Waals surface area contributed by atoms with Crippen molar-refractivity contribution in [3.05, 3.63) is 35.4 Å². The van der Waals surface area contributed by atoms with E-state index in [1.165, 1.54) is 6.07 Å². The molecule has 0 saturated carbocycles. The molecule has 1 rings (SSSR count). The average Bonchev–Trinajstić information content (AvgIpc) is 2.38. The van der Waals surface area contributed by atoms with Gasteiger partial charge < -0.3 is 11.1 Å². The predicted molar refractivity (Wildman–Crippen MR) is 78.1 cm³/mol. The number of carbonyl (C=O) groups excluding carboxylic acids is 1. The van der Waals surface area contributed by atoms with Gasteiger partial charge in [0.05, 0.1) is 17.6 Å². The third kappa shape index (κ3) is 5.93. The molecule has 0 aliphatic heterocycles. The van der Waals surface area contributed by atoms with E-state index in [4.69, 9.17) is 5.73 Å². The van der Waals surface area contributed by atoms with Crippen molar-refractivity contribution in [2.24, 2.45) is 5.73 Å². The second-order valence-corrected chi connectivity index (χ2v) is 4.75. The van der Waals surface area contributed by atoms with E-state index in [9.17, 15) is 18.0 Å². The Morgan fingerprint density at radius 3 is 2.52 bits per heavy atom. The Labute approximate surface area is 128 Å². The summed E-state index contributed by atoms with van der Waals surface area (Å²) in [7, 11) is 0. The summed E-state index contributed by atoms with van der Waals surface area (Å²) in [5, 5.41) is 2.63. The zero-order valence-corrected chi connectivity index (χ0v) is 12.7. The number of hydrogen-bond acceptors (Lipinski definition) is 2. The number of alkyl halides is 3. The first kappa shape index (κ1) is 19.7. The normalized spacial score (nSPS) is 14.0. The average molecular weight is 325 g/mol. The highest BCUT2D eigenvalue weighted by Gasteiger charge is 2.30. The van der Waals surface area contributed by atoms with E-state index in [0.717, 1.165) is 18.6 Å². The summed E-state index contributed by atoms with van der Waals surface area (Å²) >= 11 is 0. The standard InChI is InChI=1S/C14H19F3N2O.ClH/c1-3-5-12(18)13(20)19-9(2)10-6-4-7-11(8-10)14(15,16)17;/h4,6-9,12H,3,5,18H2,1-2H3,(H,19,20);1H. The topological polar surface area (TPSA) is 55.1 Å². The number of benzene rings is 1. The van der Waals surface area contributed by atoms with Crippen LogP contribution in [0.3, 0.4) is 0 Å². The van der Waals surface area contributed by atoms with Crippen LogP contribution >= 0.6 is 12.4 Å². The van der Waals surface area contributed by atoms with Gasteiger partial charge in [0.25, 0.3) is 0 Å². The van der Waals surface area contributed by atoms with Gasteiger partial charge in [-0.1, -0.05) is 25.5 Å². The highest BCUT2D eigenvalue weighted by Crippen LogP contribution is 2.30. The number of rotatable bonds is 5. The molecule has 0 bridgehead atoms.